The van der Waals surface area contributed by atoms with Crippen molar-refractivity contribution in [3.05, 3.63) is 48.0 Å². The zero-order chi connectivity index (χ0) is 15.5. The number of hydrogen-bond donors (Lipinski definition) is 1. The molecule has 1 aliphatic rings. The number of rotatable bonds is 3. The first-order valence-electron chi connectivity index (χ1n) is 7.02. The average Bonchev–Trinajstić information content (AvgIpc) is 2.96. The molecule has 5 nitrogen and oxygen atoms in total. The van der Waals surface area contributed by atoms with Crippen molar-refractivity contribution in [2.75, 3.05) is 14.2 Å². The van der Waals surface area contributed by atoms with Gasteiger partial charge in [-0.15, -0.1) is 0 Å². The Morgan fingerprint density at radius 1 is 1.27 bits per heavy atom. The van der Waals surface area contributed by atoms with Crippen LogP contribution in [0, 0.1) is 0 Å². The second-order valence-corrected chi connectivity index (χ2v) is 4.93. The van der Waals surface area contributed by atoms with Gasteiger partial charge in [0.2, 0.25) is 6.29 Å². The number of methoxy groups -OCH3 is 1. The molecule has 1 N–H and O–H groups in total. The second-order valence-electron chi connectivity index (χ2n) is 4.93. The predicted molar refractivity (Wildman–Crippen MR) is 82.1 cm³/mol. The second kappa shape index (κ2) is 5.97. The Morgan fingerprint density at radius 2 is 2.09 bits per heavy atom. The normalized spacial score (nSPS) is 15.6. The lowest BCUT2D eigenvalue weighted by atomic mass is 10.0. The minimum Gasteiger partial charge on any atom is -0.497 e. The van der Waals surface area contributed by atoms with E-state index in [1.54, 1.807) is 7.11 Å². The van der Waals surface area contributed by atoms with E-state index in [1.165, 1.54) is 7.05 Å². The maximum atomic E-state index is 11.3. The van der Waals surface area contributed by atoms with Crippen molar-refractivity contribution in [3.8, 4) is 22.6 Å². The molecule has 0 aromatic heterocycles. The maximum Gasteiger partial charge on any atom is 0.409 e. The van der Waals surface area contributed by atoms with Crippen molar-refractivity contribution >= 4 is 6.09 Å². The molecular formula is C17H17NO4. The minimum absolute atomic E-state index is 0.499. The van der Waals surface area contributed by atoms with Gasteiger partial charge in [0.1, 0.15) is 11.5 Å². The van der Waals surface area contributed by atoms with Gasteiger partial charge >= 0.3 is 6.09 Å². The van der Waals surface area contributed by atoms with Gasteiger partial charge in [-0.1, -0.05) is 30.3 Å². The maximum absolute atomic E-state index is 11.3. The number of fused-ring (bicyclic) bond motifs is 1. The minimum atomic E-state index is -0.596. The molecule has 0 saturated heterocycles. The summed E-state index contributed by atoms with van der Waals surface area (Å²) in [5.74, 6) is 1.54. The van der Waals surface area contributed by atoms with Crippen LogP contribution < -0.4 is 14.8 Å². The van der Waals surface area contributed by atoms with Crippen LogP contribution in [0.4, 0.5) is 4.79 Å². The van der Waals surface area contributed by atoms with Gasteiger partial charge in [0.05, 0.1) is 13.5 Å². The summed E-state index contributed by atoms with van der Waals surface area (Å²) in [6.45, 7) is 0. The summed E-state index contributed by atoms with van der Waals surface area (Å²) < 4.78 is 16.3. The van der Waals surface area contributed by atoms with Gasteiger partial charge in [0, 0.05) is 18.2 Å². The van der Waals surface area contributed by atoms with Crippen molar-refractivity contribution in [3.63, 3.8) is 0 Å². The molecule has 2 aromatic carbocycles. The Labute approximate surface area is 128 Å². The molecule has 1 atom stereocenters. The molecule has 2 aromatic rings. The molecule has 5 heteroatoms. The van der Waals surface area contributed by atoms with Crippen LogP contribution in [0.1, 0.15) is 5.56 Å². The van der Waals surface area contributed by atoms with E-state index in [0.29, 0.717) is 6.42 Å². The standard InChI is InChI=1S/C17H17NO4/c1-18-17(19)22-15-10-12-6-4-8-14(16(12)21-15)11-5-3-7-13(9-11)20-2/h3-9,15H,10H2,1-2H3,(H,18,19). The Balaban J connectivity index is 1.91. The van der Waals surface area contributed by atoms with Gasteiger partial charge in [-0.25, -0.2) is 4.79 Å². The zero-order valence-electron chi connectivity index (χ0n) is 12.5. The number of benzene rings is 2. The molecular weight excluding hydrogens is 282 g/mol. The number of hydrogen-bond acceptors (Lipinski definition) is 4. The molecule has 22 heavy (non-hydrogen) atoms. The summed E-state index contributed by atoms with van der Waals surface area (Å²) in [6, 6.07) is 13.7. The van der Waals surface area contributed by atoms with Gasteiger partial charge < -0.3 is 19.5 Å². The summed E-state index contributed by atoms with van der Waals surface area (Å²) in [7, 11) is 3.16. The van der Waals surface area contributed by atoms with E-state index in [4.69, 9.17) is 14.2 Å². The van der Waals surface area contributed by atoms with E-state index in [0.717, 1.165) is 28.2 Å². The van der Waals surface area contributed by atoms with Crippen molar-refractivity contribution in [1.82, 2.24) is 5.32 Å². The van der Waals surface area contributed by atoms with E-state index < -0.39 is 12.4 Å². The van der Waals surface area contributed by atoms with Crippen molar-refractivity contribution in [2.24, 2.45) is 0 Å². The summed E-state index contributed by atoms with van der Waals surface area (Å²) in [4.78, 5) is 11.3. The van der Waals surface area contributed by atoms with Gasteiger partial charge in [-0.05, 0) is 17.7 Å². The third kappa shape index (κ3) is 2.70. The first-order valence-corrected chi connectivity index (χ1v) is 7.02. The third-order valence-corrected chi connectivity index (χ3v) is 3.56. The molecule has 0 saturated carbocycles. The SMILES string of the molecule is CNC(=O)OC1Cc2cccc(-c3cccc(OC)c3)c2O1. The van der Waals surface area contributed by atoms with Crippen molar-refractivity contribution < 1.29 is 19.0 Å². The molecule has 3 rings (SSSR count). The number of para-hydroxylation sites is 1. The molecule has 0 spiro atoms. The van der Waals surface area contributed by atoms with Crippen LogP contribution in [0.3, 0.4) is 0 Å². The molecule has 0 bridgehead atoms. The Bertz CT molecular complexity index is 699. The number of carbonyl (C=O) groups excluding carboxylic acids is 1. The van der Waals surface area contributed by atoms with Crippen LogP contribution >= 0.6 is 0 Å². The van der Waals surface area contributed by atoms with Crippen LogP contribution in [-0.2, 0) is 11.2 Å². The lowest BCUT2D eigenvalue weighted by Crippen LogP contribution is -2.28. The fraction of sp³-hybridized carbons (Fsp3) is 0.235. The van der Waals surface area contributed by atoms with Crippen LogP contribution in [-0.4, -0.2) is 26.5 Å². The fourth-order valence-corrected chi connectivity index (χ4v) is 2.50. The van der Waals surface area contributed by atoms with Gasteiger partial charge in [0.15, 0.2) is 0 Å². The highest BCUT2D eigenvalue weighted by atomic mass is 16.7. The topological polar surface area (TPSA) is 56.8 Å². The van der Waals surface area contributed by atoms with Crippen LogP contribution in [0.5, 0.6) is 11.5 Å². The summed E-state index contributed by atoms with van der Waals surface area (Å²) >= 11 is 0. The lowest BCUT2D eigenvalue weighted by molar-refractivity contribution is -0.0153. The first-order chi connectivity index (χ1) is 10.7. The summed E-state index contributed by atoms with van der Waals surface area (Å²) in [5, 5.41) is 2.42. The smallest absolute Gasteiger partial charge is 0.409 e. The summed E-state index contributed by atoms with van der Waals surface area (Å²) in [6.07, 6.45) is -0.553. The van der Waals surface area contributed by atoms with E-state index >= 15 is 0 Å². The molecule has 0 fully saturated rings. The van der Waals surface area contributed by atoms with E-state index in [1.807, 2.05) is 42.5 Å². The number of alkyl carbamates (subject to hydrolysis) is 1. The largest absolute Gasteiger partial charge is 0.497 e. The van der Waals surface area contributed by atoms with Crippen LogP contribution in [0.15, 0.2) is 42.5 Å². The number of carbonyl (C=O) groups is 1. The fourth-order valence-electron chi connectivity index (χ4n) is 2.50. The quantitative estimate of drug-likeness (QED) is 0.946. The van der Waals surface area contributed by atoms with Crippen LogP contribution in [0.25, 0.3) is 11.1 Å². The van der Waals surface area contributed by atoms with Gasteiger partial charge in [0.25, 0.3) is 0 Å². The molecule has 0 aliphatic carbocycles. The number of ether oxygens (including phenoxy) is 3. The number of amides is 1. The third-order valence-electron chi connectivity index (χ3n) is 3.56. The molecule has 1 amide bonds. The van der Waals surface area contributed by atoms with E-state index in [2.05, 4.69) is 5.32 Å². The molecule has 0 radical (unpaired) electrons. The summed E-state index contributed by atoms with van der Waals surface area (Å²) in [5.41, 5.74) is 2.98. The molecule has 1 unspecified atom stereocenters. The van der Waals surface area contributed by atoms with E-state index in [9.17, 15) is 4.79 Å². The number of nitrogens with one attached hydrogen (secondary N) is 1. The zero-order valence-corrected chi connectivity index (χ0v) is 12.5. The monoisotopic (exact) mass is 299 g/mol. The Kier molecular flexibility index (Phi) is 3.87. The van der Waals surface area contributed by atoms with Crippen molar-refractivity contribution in [2.45, 2.75) is 12.7 Å². The van der Waals surface area contributed by atoms with Crippen LogP contribution in [0.2, 0.25) is 0 Å². The van der Waals surface area contributed by atoms with Gasteiger partial charge in [-0.3, -0.25) is 0 Å². The van der Waals surface area contributed by atoms with Crippen molar-refractivity contribution in [1.29, 1.82) is 0 Å². The van der Waals surface area contributed by atoms with E-state index in [-0.39, 0.29) is 0 Å². The lowest BCUT2D eigenvalue weighted by Gasteiger charge is -2.13. The highest BCUT2D eigenvalue weighted by Crippen LogP contribution is 2.39. The highest BCUT2D eigenvalue weighted by molar-refractivity contribution is 5.74. The molecule has 1 heterocycles. The Hall–Kier alpha value is -2.69. The highest BCUT2D eigenvalue weighted by Gasteiger charge is 2.28. The first kappa shape index (κ1) is 14.3. The Morgan fingerprint density at radius 3 is 2.86 bits per heavy atom. The molecule has 114 valence electrons. The predicted octanol–water partition coefficient (Wildman–Crippen LogP) is 2.98. The average molecular weight is 299 g/mol. The van der Waals surface area contributed by atoms with Gasteiger partial charge in [-0.2, -0.15) is 0 Å². The molecule has 1 aliphatic heterocycles.